The third kappa shape index (κ3) is 4.87. The Labute approximate surface area is 311 Å². The van der Waals surface area contributed by atoms with E-state index in [1.165, 1.54) is 37.7 Å². The van der Waals surface area contributed by atoms with Crippen LogP contribution in [0.15, 0.2) is 188 Å². The number of benzene rings is 8. The van der Waals surface area contributed by atoms with Gasteiger partial charge in [-0.3, -0.25) is 0 Å². The smallest absolute Gasteiger partial charge is 0.0972 e. The second-order valence-electron chi connectivity index (χ2n) is 13.9. The van der Waals surface area contributed by atoms with Gasteiger partial charge in [-0.15, -0.1) is 0 Å². The number of pyridine rings is 3. The second-order valence-corrected chi connectivity index (χ2v) is 13.9. The van der Waals surface area contributed by atoms with Crippen LogP contribution in [0.5, 0.6) is 0 Å². The molecule has 0 saturated carbocycles. The van der Waals surface area contributed by atoms with Gasteiger partial charge in [0.25, 0.3) is 0 Å². The Morgan fingerprint density at radius 3 is 1.28 bits per heavy atom. The normalized spacial score (nSPS) is 11.7. The van der Waals surface area contributed by atoms with Gasteiger partial charge in [-0.1, -0.05) is 170 Å². The molecular formula is C51H31N3. The SMILES string of the molecule is c1ccc(-c2ccc3ccc4ccc(-c5ccc(-c6ccc(-c7nc8ccccc8c8c9ccccc9c9ccccc9c78)cc6)cc5)nc4c3n2)cc1. The number of hydrogen-bond donors (Lipinski definition) is 0. The summed E-state index contributed by atoms with van der Waals surface area (Å²) in [6, 6.07) is 66.7. The lowest BCUT2D eigenvalue weighted by molar-refractivity contribution is 1.36. The molecule has 250 valence electrons. The van der Waals surface area contributed by atoms with Crippen molar-refractivity contribution in [1.29, 1.82) is 0 Å². The molecule has 0 spiro atoms. The zero-order valence-corrected chi connectivity index (χ0v) is 29.2. The molecule has 3 nitrogen and oxygen atoms in total. The number of rotatable bonds is 4. The summed E-state index contributed by atoms with van der Waals surface area (Å²) >= 11 is 0. The van der Waals surface area contributed by atoms with Crippen molar-refractivity contribution < 1.29 is 0 Å². The van der Waals surface area contributed by atoms with E-state index in [2.05, 4.69) is 170 Å². The first kappa shape index (κ1) is 30.4. The molecule has 54 heavy (non-hydrogen) atoms. The minimum atomic E-state index is 0.915. The molecule has 0 bridgehead atoms. The van der Waals surface area contributed by atoms with Gasteiger partial charge in [-0.2, -0.15) is 0 Å². The predicted molar refractivity (Wildman–Crippen MR) is 227 cm³/mol. The van der Waals surface area contributed by atoms with Gasteiger partial charge >= 0.3 is 0 Å². The molecule has 0 aliphatic heterocycles. The molecule has 3 aromatic heterocycles. The average molecular weight is 686 g/mol. The standard InChI is InChI=1S/C51H31N3/c1-2-10-34(11-3-1)44-30-28-37-26-27-38-29-31-45(53-51(38)50(37)52-44)35-22-18-32(19-23-35)33-20-24-36(25-21-33)49-48-42-15-7-5-13-40(42)39-12-4-6-14-41(39)47(48)43-16-8-9-17-46(43)54-49/h1-31H. The van der Waals surface area contributed by atoms with Crippen LogP contribution in [0, 0.1) is 0 Å². The summed E-state index contributed by atoms with van der Waals surface area (Å²) in [5.74, 6) is 0. The highest BCUT2D eigenvalue weighted by atomic mass is 14.8. The lowest BCUT2D eigenvalue weighted by atomic mass is 9.89. The van der Waals surface area contributed by atoms with Crippen LogP contribution in [-0.2, 0) is 0 Å². The van der Waals surface area contributed by atoms with E-state index >= 15 is 0 Å². The minimum Gasteiger partial charge on any atom is -0.247 e. The largest absolute Gasteiger partial charge is 0.247 e. The molecule has 11 aromatic rings. The fraction of sp³-hybridized carbons (Fsp3) is 0. The van der Waals surface area contributed by atoms with Crippen LogP contribution >= 0.6 is 0 Å². The molecule has 3 heteroatoms. The number of para-hydroxylation sites is 1. The molecule has 0 aliphatic rings. The minimum absolute atomic E-state index is 0.915. The van der Waals surface area contributed by atoms with Crippen LogP contribution in [0.25, 0.3) is 110 Å². The maximum atomic E-state index is 5.33. The van der Waals surface area contributed by atoms with Gasteiger partial charge in [0.2, 0.25) is 0 Å². The molecule has 8 aromatic carbocycles. The Kier molecular flexibility index (Phi) is 6.86. The summed E-state index contributed by atoms with van der Waals surface area (Å²) in [7, 11) is 0. The lowest BCUT2D eigenvalue weighted by Gasteiger charge is -2.16. The van der Waals surface area contributed by atoms with Crippen LogP contribution in [0.2, 0.25) is 0 Å². The van der Waals surface area contributed by atoms with Gasteiger partial charge < -0.3 is 0 Å². The topological polar surface area (TPSA) is 38.7 Å². The maximum Gasteiger partial charge on any atom is 0.0972 e. The van der Waals surface area contributed by atoms with E-state index in [-0.39, 0.29) is 0 Å². The molecule has 0 aliphatic carbocycles. The van der Waals surface area contributed by atoms with Gasteiger partial charge in [0.1, 0.15) is 0 Å². The second kappa shape index (κ2) is 12.2. The first-order valence-electron chi connectivity index (χ1n) is 18.4. The summed E-state index contributed by atoms with van der Waals surface area (Å²) in [6.45, 7) is 0. The summed E-state index contributed by atoms with van der Waals surface area (Å²) in [4.78, 5) is 15.6. The zero-order valence-electron chi connectivity index (χ0n) is 29.2. The number of nitrogens with zero attached hydrogens (tertiary/aromatic N) is 3. The maximum absolute atomic E-state index is 5.33. The molecule has 0 N–H and O–H groups in total. The zero-order chi connectivity index (χ0) is 35.6. The number of aromatic nitrogens is 3. The van der Waals surface area contributed by atoms with Crippen molar-refractivity contribution >= 4 is 65.0 Å². The van der Waals surface area contributed by atoms with Gasteiger partial charge in [0, 0.05) is 43.6 Å². The monoisotopic (exact) mass is 685 g/mol. The van der Waals surface area contributed by atoms with Gasteiger partial charge in [-0.05, 0) is 50.9 Å². The summed E-state index contributed by atoms with van der Waals surface area (Å²) in [5.41, 5.74) is 11.3. The van der Waals surface area contributed by atoms with Gasteiger partial charge in [0.05, 0.1) is 33.6 Å². The van der Waals surface area contributed by atoms with Crippen LogP contribution in [0.1, 0.15) is 0 Å². The van der Waals surface area contributed by atoms with E-state index in [4.69, 9.17) is 15.0 Å². The van der Waals surface area contributed by atoms with E-state index in [9.17, 15) is 0 Å². The fourth-order valence-electron chi connectivity index (χ4n) is 8.19. The quantitative estimate of drug-likeness (QED) is 0.173. The molecule has 0 saturated heterocycles. The molecule has 0 atom stereocenters. The predicted octanol–water partition coefficient (Wildman–Crippen LogP) is 13.5. The fourth-order valence-corrected chi connectivity index (χ4v) is 8.19. The molecule has 0 radical (unpaired) electrons. The van der Waals surface area contributed by atoms with E-state index in [0.29, 0.717) is 0 Å². The molecule has 0 fully saturated rings. The Bertz CT molecular complexity index is 3240. The molecule has 3 heterocycles. The summed E-state index contributed by atoms with van der Waals surface area (Å²) in [6.07, 6.45) is 0. The van der Waals surface area contributed by atoms with E-state index in [1.807, 2.05) is 18.2 Å². The van der Waals surface area contributed by atoms with Crippen LogP contribution in [0.3, 0.4) is 0 Å². The van der Waals surface area contributed by atoms with Crippen molar-refractivity contribution in [2.24, 2.45) is 0 Å². The van der Waals surface area contributed by atoms with Crippen molar-refractivity contribution in [3.05, 3.63) is 188 Å². The molecule has 11 rings (SSSR count). The first-order valence-corrected chi connectivity index (χ1v) is 18.4. The van der Waals surface area contributed by atoms with Crippen molar-refractivity contribution in [2.75, 3.05) is 0 Å². The highest BCUT2D eigenvalue weighted by molar-refractivity contribution is 6.33. The van der Waals surface area contributed by atoms with Gasteiger partial charge in [-0.25, -0.2) is 15.0 Å². The number of fused-ring (bicyclic) bond motifs is 11. The Hall–Kier alpha value is -7.23. The Balaban J connectivity index is 0.980. The van der Waals surface area contributed by atoms with Crippen LogP contribution < -0.4 is 0 Å². The molecular weight excluding hydrogens is 655 g/mol. The third-order valence-corrected chi connectivity index (χ3v) is 10.8. The Morgan fingerprint density at radius 1 is 0.259 bits per heavy atom. The average Bonchev–Trinajstić information content (AvgIpc) is 3.26. The van der Waals surface area contributed by atoms with E-state index in [1.54, 1.807) is 0 Å². The third-order valence-electron chi connectivity index (χ3n) is 10.8. The lowest BCUT2D eigenvalue weighted by Crippen LogP contribution is -1.93. The van der Waals surface area contributed by atoms with Crippen molar-refractivity contribution in [3.63, 3.8) is 0 Å². The van der Waals surface area contributed by atoms with E-state index in [0.717, 1.165) is 72.2 Å². The summed E-state index contributed by atoms with van der Waals surface area (Å²) < 4.78 is 0. The van der Waals surface area contributed by atoms with Crippen molar-refractivity contribution in [1.82, 2.24) is 15.0 Å². The summed E-state index contributed by atoms with van der Waals surface area (Å²) in [5, 5.41) is 10.8. The van der Waals surface area contributed by atoms with Crippen molar-refractivity contribution in [3.8, 4) is 44.9 Å². The number of hydrogen-bond acceptors (Lipinski definition) is 3. The highest BCUT2D eigenvalue weighted by Crippen LogP contribution is 2.43. The first-order chi connectivity index (χ1) is 26.8. The molecule has 0 amide bonds. The van der Waals surface area contributed by atoms with Gasteiger partial charge in [0.15, 0.2) is 0 Å². The van der Waals surface area contributed by atoms with Crippen LogP contribution in [0.4, 0.5) is 0 Å². The van der Waals surface area contributed by atoms with Crippen LogP contribution in [-0.4, -0.2) is 15.0 Å². The highest BCUT2D eigenvalue weighted by Gasteiger charge is 2.17. The van der Waals surface area contributed by atoms with Crippen molar-refractivity contribution in [2.45, 2.75) is 0 Å². The van der Waals surface area contributed by atoms with E-state index < -0.39 is 0 Å². The molecule has 0 unspecified atom stereocenters. The Morgan fingerprint density at radius 2 is 0.685 bits per heavy atom.